The molecule has 0 fully saturated rings. The van der Waals surface area contributed by atoms with E-state index in [9.17, 15) is 14.7 Å². The molecule has 7 nitrogen and oxygen atoms in total. The smallest absolute Gasteiger partial charge is 0.337 e. The van der Waals surface area contributed by atoms with E-state index in [0.717, 1.165) is 22.3 Å². The molecule has 2 heterocycles. The Kier molecular flexibility index (Phi) is 5.73. The number of nitrogens with one attached hydrogen (secondary N) is 1. The molecule has 0 amide bonds. The van der Waals surface area contributed by atoms with Gasteiger partial charge in [0, 0.05) is 36.4 Å². The molecule has 0 bridgehead atoms. The van der Waals surface area contributed by atoms with Crippen LogP contribution in [0.4, 0.5) is 11.6 Å². The minimum atomic E-state index is -1.00. The number of anilines is 2. The molecule has 0 saturated carbocycles. The van der Waals surface area contributed by atoms with Crippen LogP contribution in [-0.4, -0.2) is 20.6 Å². The average molecular weight is 489 g/mol. The molecule has 8 heteroatoms. The van der Waals surface area contributed by atoms with Gasteiger partial charge in [-0.05, 0) is 60.9 Å². The van der Waals surface area contributed by atoms with Crippen molar-refractivity contribution in [2.24, 2.45) is 7.05 Å². The topological polar surface area (TPSA) is 87.5 Å². The number of rotatable bonds is 5. The van der Waals surface area contributed by atoms with Crippen molar-refractivity contribution in [1.82, 2.24) is 9.55 Å². The van der Waals surface area contributed by atoms with Crippen LogP contribution in [-0.2, 0) is 20.1 Å². The number of carbonyl (C=O) groups is 1. The third-order valence-corrected chi connectivity index (χ3v) is 6.74. The van der Waals surface area contributed by atoms with Gasteiger partial charge in [0.2, 0.25) is 5.95 Å². The second-order valence-electron chi connectivity index (χ2n) is 9.01. The monoisotopic (exact) mass is 488 g/mol. The van der Waals surface area contributed by atoms with Crippen molar-refractivity contribution in [3.63, 3.8) is 0 Å². The first-order valence-corrected chi connectivity index (χ1v) is 11.7. The zero-order valence-corrected chi connectivity index (χ0v) is 20.4. The summed E-state index contributed by atoms with van der Waals surface area (Å²) in [5.41, 5.74) is 5.23. The van der Waals surface area contributed by atoms with Gasteiger partial charge in [-0.15, -0.1) is 0 Å². The van der Waals surface area contributed by atoms with E-state index in [1.54, 1.807) is 35.9 Å². The van der Waals surface area contributed by atoms with Gasteiger partial charge in [-0.1, -0.05) is 35.9 Å². The van der Waals surface area contributed by atoms with Crippen LogP contribution in [0.15, 0.2) is 59.4 Å². The van der Waals surface area contributed by atoms with E-state index >= 15 is 0 Å². The van der Waals surface area contributed by atoms with Crippen LogP contribution in [0, 0.1) is 6.92 Å². The lowest BCUT2D eigenvalue weighted by Gasteiger charge is -2.23. The molecule has 1 aliphatic heterocycles. The number of fused-ring (bicyclic) bond motifs is 2. The van der Waals surface area contributed by atoms with Crippen LogP contribution in [0.25, 0.3) is 10.9 Å². The summed E-state index contributed by atoms with van der Waals surface area (Å²) >= 11 is 6.19. The molecule has 1 aromatic heterocycles. The van der Waals surface area contributed by atoms with Crippen LogP contribution in [0.3, 0.4) is 0 Å². The minimum absolute atomic E-state index is 0.123. The fraction of sp³-hybridized carbons (Fsp3) is 0.222. The highest BCUT2D eigenvalue weighted by Crippen LogP contribution is 2.32. The first-order valence-electron chi connectivity index (χ1n) is 11.4. The number of carboxylic acids is 1. The first-order chi connectivity index (χ1) is 16.7. The minimum Gasteiger partial charge on any atom is -0.478 e. The van der Waals surface area contributed by atoms with Gasteiger partial charge in [-0.2, -0.15) is 0 Å². The predicted molar refractivity (Wildman–Crippen MR) is 138 cm³/mol. The highest BCUT2D eigenvalue weighted by atomic mass is 35.5. The maximum absolute atomic E-state index is 13.4. The summed E-state index contributed by atoms with van der Waals surface area (Å²) in [5.74, 6) is -0.421. The number of nitrogens with zero attached hydrogens (tertiary/aromatic N) is 3. The highest BCUT2D eigenvalue weighted by Gasteiger charge is 2.25. The average Bonchev–Trinajstić information content (AvgIpc) is 3.24. The van der Waals surface area contributed by atoms with Gasteiger partial charge in [0.05, 0.1) is 22.5 Å². The molecule has 1 aliphatic rings. The maximum atomic E-state index is 13.4. The molecule has 2 N–H and O–H groups in total. The van der Waals surface area contributed by atoms with Gasteiger partial charge in [0.25, 0.3) is 5.56 Å². The van der Waals surface area contributed by atoms with Crippen molar-refractivity contribution >= 4 is 40.1 Å². The Morgan fingerprint density at radius 3 is 2.63 bits per heavy atom. The molecular formula is C27H25ClN4O3. The van der Waals surface area contributed by atoms with E-state index in [0.29, 0.717) is 40.7 Å². The molecule has 0 aliphatic carbocycles. The molecule has 0 spiro atoms. The Hall–Kier alpha value is -3.84. The summed E-state index contributed by atoms with van der Waals surface area (Å²) in [6.07, 6.45) is 0. The van der Waals surface area contributed by atoms with Gasteiger partial charge in [0.15, 0.2) is 0 Å². The SMILES string of the molecule is Cc1cc(C(C)Nc2ccccc2C(=O)O)c2nc(N3Cc4ccc(Cl)cc4C3)n(C)c(=O)c2c1. The quantitative estimate of drug-likeness (QED) is 0.397. The molecule has 0 saturated heterocycles. The normalized spacial score (nSPS) is 13.7. The molecule has 1 unspecified atom stereocenters. The summed E-state index contributed by atoms with van der Waals surface area (Å²) in [4.78, 5) is 32.2. The number of aromatic nitrogens is 2. The van der Waals surface area contributed by atoms with Crippen molar-refractivity contribution in [3.05, 3.63) is 97.8 Å². The number of hydrogen-bond acceptors (Lipinski definition) is 5. The van der Waals surface area contributed by atoms with Crippen LogP contribution in [0.1, 0.15) is 45.6 Å². The van der Waals surface area contributed by atoms with E-state index in [1.165, 1.54) is 0 Å². The van der Waals surface area contributed by atoms with Crippen LogP contribution in [0.2, 0.25) is 5.02 Å². The standard InChI is InChI=1S/C27H25ClN4O3/c1-15-10-21(16(2)29-23-7-5-4-6-20(23)26(34)35)24-22(11-15)25(33)31(3)27(30-24)32-13-17-8-9-19(28)12-18(17)14-32/h4-12,16,29H,13-14H2,1-3H3,(H,34,35). The Morgan fingerprint density at radius 1 is 1.11 bits per heavy atom. The third-order valence-electron chi connectivity index (χ3n) is 6.50. The number of benzene rings is 3. The Bertz CT molecular complexity index is 1550. The van der Waals surface area contributed by atoms with Crippen LogP contribution >= 0.6 is 11.6 Å². The Balaban J connectivity index is 1.60. The van der Waals surface area contributed by atoms with Crippen molar-refractivity contribution in [1.29, 1.82) is 0 Å². The molecule has 5 rings (SSSR count). The van der Waals surface area contributed by atoms with Gasteiger partial charge >= 0.3 is 5.97 Å². The second kappa shape index (κ2) is 8.74. The lowest BCUT2D eigenvalue weighted by atomic mass is 10.0. The number of aryl methyl sites for hydroxylation is 1. The van der Waals surface area contributed by atoms with Crippen molar-refractivity contribution in [3.8, 4) is 0 Å². The number of halogens is 1. The molecule has 3 aromatic carbocycles. The van der Waals surface area contributed by atoms with E-state index in [1.807, 2.05) is 44.2 Å². The molecule has 1 atom stereocenters. The van der Waals surface area contributed by atoms with Crippen molar-refractivity contribution in [2.75, 3.05) is 10.2 Å². The lowest BCUT2D eigenvalue weighted by molar-refractivity contribution is 0.0698. The van der Waals surface area contributed by atoms with E-state index < -0.39 is 5.97 Å². The zero-order valence-electron chi connectivity index (χ0n) is 19.7. The molecule has 35 heavy (non-hydrogen) atoms. The second-order valence-corrected chi connectivity index (χ2v) is 9.45. The summed E-state index contributed by atoms with van der Waals surface area (Å²) in [6.45, 7) is 5.14. The van der Waals surface area contributed by atoms with Crippen molar-refractivity contribution < 1.29 is 9.90 Å². The largest absolute Gasteiger partial charge is 0.478 e. The number of para-hydroxylation sites is 1. The van der Waals surface area contributed by atoms with E-state index in [-0.39, 0.29) is 17.2 Å². The number of carboxylic acid groups (broad SMARTS) is 1. The fourth-order valence-electron chi connectivity index (χ4n) is 4.77. The first kappa shape index (κ1) is 22.9. The van der Waals surface area contributed by atoms with Crippen LogP contribution in [0.5, 0.6) is 0 Å². The highest BCUT2D eigenvalue weighted by molar-refractivity contribution is 6.30. The van der Waals surface area contributed by atoms with Gasteiger partial charge < -0.3 is 15.3 Å². The summed E-state index contributed by atoms with van der Waals surface area (Å²) in [7, 11) is 1.74. The number of hydrogen-bond donors (Lipinski definition) is 2. The molecular weight excluding hydrogens is 464 g/mol. The van der Waals surface area contributed by atoms with Gasteiger partial charge in [-0.3, -0.25) is 9.36 Å². The van der Waals surface area contributed by atoms with E-state index in [4.69, 9.17) is 16.6 Å². The van der Waals surface area contributed by atoms with Crippen LogP contribution < -0.4 is 15.8 Å². The third kappa shape index (κ3) is 4.12. The lowest BCUT2D eigenvalue weighted by Crippen LogP contribution is -2.28. The molecule has 178 valence electrons. The zero-order chi connectivity index (χ0) is 24.9. The maximum Gasteiger partial charge on any atom is 0.337 e. The molecule has 0 radical (unpaired) electrons. The fourth-order valence-corrected chi connectivity index (χ4v) is 4.96. The Morgan fingerprint density at radius 2 is 1.86 bits per heavy atom. The number of aromatic carboxylic acids is 1. The summed E-state index contributed by atoms with van der Waals surface area (Å²) in [6, 6.07) is 16.2. The summed E-state index contributed by atoms with van der Waals surface area (Å²) in [5, 5.41) is 14.1. The summed E-state index contributed by atoms with van der Waals surface area (Å²) < 4.78 is 1.59. The molecule has 4 aromatic rings. The van der Waals surface area contributed by atoms with Gasteiger partial charge in [0.1, 0.15) is 0 Å². The predicted octanol–water partition coefficient (Wildman–Crippen LogP) is 5.29. The van der Waals surface area contributed by atoms with E-state index in [2.05, 4.69) is 10.2 Å². The van der Waals surface area contributed by atoms with Gasteiger partial charge in [-0.25, -0.2) is 9.78 Å². The Labute approximate surface area is 207 Å². The van der Waals surface area contributed by atoms with Crippen molar-refractivity contribution in [2.45, 2.75) is 33.0 Å².